The average molecular weight is 360 g/mol. The number of cyclic esters (lactones) is 1. The van der Waals surface area contributed by atoms with Gasteiger partial charge in [0.05, 0.1) is 20.2 Å². The Morgan fingerprint density at radius 3 is 2.76 bits per heavy atom. The minimum atomic E-state index is -0.380. The molecule has 0 bridgehead atoms. The summed E-state index contributed by atoms with van der Waals surface area (Å²) in [5.41, 5.74) is 2.85. The topological polar surface area (TPSA) is 67.9 Å². The standard InChI is InChI=1S/C18H20N2O4S/c1-23-17(25)19-10-16-11-20(18(22)24-16)14-7-5-12(6-8-14)13-3-2-4-15(21)9-13/h5-9,16H,2-4,10-11H2,1H3,(H,19,25)/t16-/m0/s1. The molecule has 1 aromatic carbocycles. The summed E-state index contributed by atoms with van der Waals surface area (Å²) in [6.07, 6.45) is 3.48. The lowest BCUT2D eigenvalue weighted by Crippen LogP contribution is -2.34. The van der Waals surface area contributed by atoms with Gasteiger partial charge in [-0.15, -0.1) is 0 Å². The van der Waals surface area contributed by atoms with Gasteiger partial charge in [-0.2, -0.15) is 0 Å². The van der Waals surface area contributed by atoms with Crippen LogP contribution in [-0.2, 0) is 14.3 Å². The number of carbonyl (C=O) groups excluding carboxylic acids is 2. The second-order valence-corrected chi connectivity index (χ2v) is 6.40. The van der Waals surface area contributed by atoms with E-state index in [1.165, 1.54) is 7.11 Å². The number of hydrogen-bond donors (Lipinski definition) is 1. The number of ether oxygens (including phenoxy) is 2. The van der Waals surface area contributed by atoms with Crippen LogP contribution in [0.5, 0.6) is 0 Å². The van der Waals surface area contributed by atoms with Crippen LogP contribution in [0.4, 0.5) is 10.5 Å². The van der Waals surface area contributed by atoms with Crippen LogP contribution in [0.3, 0.4) is 0 Å². The molecular weight excluding hydrogens is 340 g/mol. The minimum Gasteiger partial charge on any atom is -0.474 e. The van der Waals surface area contributed by atoms with E-state index in [1.54, 1.807) is 11.0 Å². The number of amides is 1. The minimum absolute atomic E-state index is 0.178. The molecule has 6 nitrogen and oxygen atoms in total. The zero-order chi connectivity index (χ0) is 17.8. The van der Waals surface area contributed by atoms with E-state index in [9.17, 15) is 9.59 Å². The maximum absolute atomic E-state index is 12.1. The summed E-state index contributed by atoms with van der Waals surface area (Å²) in [5.74, 6) is 0.178. The van der Waals surface area contributed by atoms with E-state index in [2.05, 4.69) is 5.32 Å². The molecule has 132 valence electrons. The third kappa shape index (κ3) is 4.17. The molecule has 1 fully saturated rings. The van der Waals surface area contributed by atoms with E-state index < -0.39 is 0 Å². The Balaban J connectivity index is 1.65. The second-order valence-electron chi connectivity index (χ2n) is 6.03. The molecule has 3 rings (SSSR count). The number of nitrogens with one attached hydrogen (secondary N) is 1. The molecule has 0 spiro atoms. The van der Waals surface area contributed by atoms with Crippen LogP contribution in [0, 0.1) is 0 Å². The lowest BCUT2D eigenvalue weighted by molar-refractivity contribution is -0.114. The van der Waals surface area contributed by atoms with Gasteiger partial charge in [0.1, 0.15) is 6.10 Å². The van der Waals surface area contributed by atoms with Gasteiger partial charge in [0.25, 0.3) is 5.17 Å². The highest BCUT2D eigenvalue weighted by atomic mass is 32.1. The fourth-order valence-corrected chi connectivity index (χ4v) is 3.07. The van der Waals surface area contributed by atoms with E-state index in [4.69, 9.17) is 21.7 Å². The smallest absolute Gasteiger partial charge is 0.414 e. The molecule has 1 amide bonds. The van der Waals surface area contributed by atoms with Crippen LogP contribution in [0.1, 0.15) is 24.8 Å². The van der Waals surface area contributed by atoms with E-state index in [0.29, 0.717) is 19.5 Å². The predicted octanol–water partition coefficient (Wildman–Crippen LogP) is 2.67. The Labute approximate surface area is 151 Å². The number of allylic oxidation sites excluding steroid dienone is 2. The number of anilines is 1. The molecule has 2 aliphatic rings. The molecule has 0 unspecified atom stereocenters. The van der Waals surface area contributed by atoms with Gasteiger partial charge in [-0.25, -0.2) is 4.79 Å². The first-order chi connectivity index (χ1) is 12.1. The van der Waals surface area contributed by atoms with Gasteiger partial charge in [0.15, 0.2) is 5.78 Å². The number of nitrogens with zero attached hydrogens (tertiary/aromatic N) is 1. The molecule has 0 radical (unpaired) electrons. The van der Waals surface area contributed by atoms with Crippen LogP contribution in [0.2, 0.25) is 0 Å². The van der Waals surface area contributed by atoms with E-state index >= 15 is 0 Å². The SMILES string of the molecule is COC(=S)NC[C@H]1CN(c2ccc(C3=CC(=O)CCC3)cc2)C(=O)O1. The highest BCUT2D eigenvalue weighted by Crippen LogP contribution is 2.28. The number of thiocarbonyl (C=S) groups is 1. The van der Waals surface area contributed by atoms with E-state index in [1.807, 2.05) is 24.3 Å². The van der Waals surface area contributed by atoms with Crippen molar-refractivity contribution < 1.29 is 19.1 Å². The van der Waals surface area contributed by atoms with Crippen LogP contribution in [-0.4, -0.2) is 43.4 Å². The summed E-state index contributed by atoms with van der Waals surface area (Å²) in [5, 5.41) is 3.16. The van der Waals surface area contributed by atoms with E-state index in [-0.39, 0.29) is 23.2 Å². The van der Waals surface area contributed by atoms with Gasteiger partial charge >= 0.3 is 6.09 Å². The molecule has 1 heterocycles. The second kappa shape index (κ2) is 7.65. The Morgan fingerprint density at radius 2 is 2.08 bits per heavy atom. The fourth-order valence-electron chi connectivity index (χ4n) is 2.98. The maximum atomic E-state index is 12.1. The summed E-state index contributed by atoms with van der Waals surface area (Å²) in [7, 11) is 1.49. The zero-order valence-electron chi connectivity index (χ0n) is 14.0. The van der Waals surface area contributed by atoms with E-state index in [0.717, 1.165) is 29.7 Å². The fraction of sp³-hybridized carbons (Fsp3) is 0.389. The maximum Gasteiger partial charge on any atom is 0.414 e. The summed E-state index contributed by atoms with van der Waals surface area (Å²) in [6, 6.07) is 7.65. The Hall–Kier alpha value is -2.41. The lowest BCUT2D eigenvalue weighted by Gasteiger charge is -2.16. The highest BCUT2D eigenvalue weighted by Gasteiger charge is 2.32. The van der Waals surface area contributed by atoms with Crippen molar-refractivity contribution in [1.29, 1.82) is 0 Å². The van der Waals surface area contributed by atoms with Crippen molar-refractivity contribution in [2.75, 3.05) is 25.1 Å². The van der Waals surface area contributed by atoms with Crippen molar-refractivity contribution >= 4 is 40.5 Å². The number of benzene rings is 1. The normalized spacial score (nSPS) is 20.1. The van der Waals surface area contributed by atoms with Crippen LogP contribution in [0.15, 0.2) is 30.3 Å². The number of carbonyl (C=O) groups is 2. The van der Waals surface area contributed by atoms with Crippen LogP contribution >= 0.6 is 12.2 Å². The van der Waals surface area contributed by atoms with Gasteiger partial charge < -0.3 is 14.8 Å². The van der Waals surface area contributed by atoms with Crippen molar-refractivity contribution in [1.82, 2.24) is 5.32 Å². The van der Waals surface area contributed by atoms with Gasteiger partial charge in [-0.3, -0.25) is 9.69 Å². The molecule has 0 saturated carbocycles. The Morgan fingerprint density at radius 1 is 1.32 bits per heavy atom. The van der Waals surface area contributed by atoms with Crippen molar-refractivity contribution in [3.8, 4) is 0 Å². The van der Waals surface area contributed by atoms with Crippen LogP contribution in [0.25, 0.3) is 5.57 Å². The first-order valence-corrected chi connectivity index (χ1v) is 8.61. The third-order valence-electron chi connectivity index (χ3n) is 4.29. The predicted molar refractivity (Wildman–Crippen MR) is 98.5 cm³/mol. The molecule has 0 aromatic heterocycles. The molecule has 1 atom stereocenters. The highest BCUT2D eigenvalue weighted by molar-refractivity contribution is 7.80. The van der Waals surface area contributed by atoms with Crippen molar-refractivity contribution in [2.45, 2.75) is 25.4 Å². The lowest BCUT2D eigenvalue weighted by atomic mass is 9.93. The van der Waals surface area contributed by atoms with Gasteiger partial charge in [-0.05, 0) is 54.4 Å². The summed E-state index contributed by atoms with van der Waals surface area (Å²) in [6.45, 7) is 0.848. The zero-order valence-corrected chi connectivity index (χ0v) is 14.8. The molecule has 1 aromatic rings. The molecule has 25 heavy (non-hydrogen) atoms. The molecule has 1 aliphatic heterocycles. The monoisotopic (exact) mass is 360 g/mol. The van der Waals surface area contributed by atoms with Crippen LogP contribution < -0.4 is 10.2 Å². The summed E-state index contributed by atoms with van der Waals surface area (Å²) >= 11 is 4.91. The van der Waals surface area contributed by atoms with Gasteiger partial charge in [0.2, 0.25) is 0 Å². The summed E-state index contributed by atoms with van der Waals surface area (Å²) < 4.78 is 10.2. The number of hydrogen-bond acceptors (Lipinski definition) is 5. The molecular formula is C18H20N2O4S. The number of ketones is 1. The summed E-state index contributed by atoms with van der Waals surface area (Å²) in [4.78, 5) is 25.2. The average Bonchev–Trinajstić information content (AvgIpc) is 3.00. The molecule has 1 N–H and O–H groups in total. The van der Waals surface area contributed by atoms with Crippen molar-refractivity contribution in [2.24, 2.45) is 0 Å². The first-order valence-electron chi connectivity index (χ1n) is 8.20. The number of rotatable bonds is 4. The van der Waals surface area contributed by atoms with Gasteiger partial charge in [0, 0.05) is 12.1 Å². The van der Waals surface area contributed by atoms with Crippen molar-refractivity contribution in [3.05, 3.63) is 35.9 Å². The molecule has 1 aliphatic carbocycles. The largest absolute Gasteiger partial charge is 0.474 e. The quantitative estimate of drug-likeness (QED) is 0.833. The van der Waals surface area contributed by atoms with Crippen molar-refractivity contribution in [3.63, 3.8) is 0 Å². The molecule has 7 heteroatoms. The number of methoxy groups -OCH3 is 1. The third-order valence-corrected chi connectivity index (χ3v) is 4.60. The first kappa shape index (κ1) is 17.4. The van der Waals surface area contributed by atoms with Gasteiger partial charge in [-0.1, -0.05) is 12.1 Å². The Bertz CT molecular complexity index is 714. The molecule has 1 saturated heterocycles. The Kier molecular flexibility index (Phi) is 5.33.